The molecule has 0 bridgehead atoms. The summed E-state index contributed by atoms with van der Waals surface area (Å²) in [6, 6.07) is 2.80. The Morgan fingerprint density at radius 2 is 2.14 bits per heavy atom. The highest BCUT2D eigenvalue weighted by Gasteiger charge is 2.40. The third kappa shape index (κ3) is 4.70. The van der Waals surface area contributed by atoms with Gasteiger partial charge in [0.25, 0.3) is 0 Å². The van der Waals surface area contributed by atoms with E-state index in [1.54, 1.807) is 7.11 Å². The monoisotopic (exact) mass is 479 g/mol. The number of fused-ring (bicyclic) bond motifs is 2. The highest BCUT2D eigenvalue weighted by Crippen LogP contribution is 2.44. The van der Waals surface area contributed by atoms with Crippen molar-refractivity contribution in [1.29, 1.82) is 0 Å². The summed E-state index contributed by atoms with van der Waals surface area (Å²) in [6.45, 7) is 11.2. The second kappa shape index (κ2) is 9.90. The van der Waals surface area contributed by atoms with Crippen LogP contribution in [0.4, 0.5) is 5.69 Å². The molecule has 35 heavy (non-hydrogen) atoms. The van der Waals surface area contributed by atoms with E-state index in [2.05, 4.69) is 46.8 Å². The fourth-order valence-corrected chi connectivity index (χ4v) is 6.52. The van der Waals surface area contributed by atoms with Crippen LogP contribution in [-0.2, 0) is 31.3 Å². The maximum absolute atomic E-state index is 5.25. The molecular weight excluding hydrogens is 438 g/mol. The van der Waals surface area contributed by atoms with Gasteiger partial charge in [-0.2, -0.15) is 10.2 Å². The van der Waals surface area contributed by atoms with E-state index in [1.807, 2.05) is 17.9 Å². The molecule has 4 heterocycles. The van der Waals surface area contributed by atoms with Crippen molar-refractivity contribution in [3.63, 3.8) is 0 Å². The Kier molecular flexibility index (Phi) is 6.86. The van der Waals surface area contributed by atoms with E-state index >= 15 is 0 Å². The average molecular weight is 480 g/mol. The van der Waals surface area contributed by atoms with Crippen LogP contribution in [0.15, 0.2) is 12.3 Å². The number of pyridine rings is 1. The number of hydrogen-bond donors (Lipinski definition) is 1. The van der Waals surface area contributed by atoms with Crippen molar-refractivity contribution >= 4 is 16.7 Å². The molecule has 0 spiro atoms. The van der Waals surface area contributed by atoms with Crippen LogP contribution < -0.4 is 10.2 Å². The van der Waals surface area contributed by atoms with Crippen molar-refractivity contribution in [2.45, 2.75) is 78.4 Å². The first-order valence-electron chi connectivity index (χ1n) is 13.2. The quantitative estimate of drug-likeness (QED) is 0.469. The number of ether oxygens (including phenoxy) is 1. The lowest BCUT2D eigenvalue weighted by atomic mass is 9.81. The molecule has 1 aliphatic heterocycles. The van der Waals surface area contributed by atoms with Crippen molar-refractivity contribution in [3.8, 4) is 0 Å². The number of nitrogens with zero attached hydrogens (tertiary/aromatic N) is 6. The highest BCUT2D eigenvalue weighted by molar-refractivity contribution is 5.89. The minimum atomic E-state index is 0.340. The first-order chi connectivity index (χ1) is 16.9. The van der Waals surface area contributed by atoms with Gasteiger partial charge in [0, 0.05) is 69.8 Å². The average Bonchev–Trinajstić information content (AvgIpc) is 3.50. The van der Waals surface area contributed by atoms with E-state index in [4.69, 9.17) is 14.8 Å². The van der Waals surface area contributed by atoms with Crippen LogP contribution in [-0.4, -0.2) is 57.4 Å². The molecule has 0 saturated heterocycles. The fraction of sp³-hybridized carbons (Fsp3) is 0.667. The normalized spacial score (nSPS) is 22.3. The lowest BCUT2D eigenvalue weighted by Crippen LogP contribution is -2.34. The first-order valence-corrected chi connectivity index (χ1v) is 13.2. The zero-order valence-electron chi connectivity index (χ0n) is 22.1. The van der Waals surface area contributed by atoms with E-state index in [-0.39, 0.29) is 0 Å². The minimum absolute atomic E-state index is 0.340. The van der Waals surface area contributed by atoms with Crippen molar-refractivity contribution < 1.29 is 4.74 Å². The molecule has 2 aliphatic rings. The molecule has 1 aliphatic carbocycles. The van der Waals surface area contributed by atoms with Gasteiger partial charge < -0.3 is 15.0 Å². The molecule has 3 aromatic rings. The van der Waals surface area contributed by atoms with Crippen molar-refractivity contribution in [1.82, 2.24) is 29.9 Å². The summed E-state index contributed by atoms with van der Waals surface area (Å²) in [5, 5.41) is 14.4. The van der Waals surface area contributed by atoms with Gasteiger partial charge in [0.2, 0.25) is 0 Å². The third-order valence-corrected chi connectivity index (χ3v) is 8.19. The fourth-order valence-electron chi connectivity index (χ4n) is 6.52. The van der Waals surface area contributed by atoms with Crippen LogP contribution in [0.1, 0.15) is 61.7 Å². The summed E-state index contributed by atoms with van der Waals surface area (Å²) in [5.41, 5.74) is 7.59. The van der Waals surface area contributed by atoms with E-state index in [0.29, 0.717) is 11.5 Å². The molecule has 1 saturated carbocycles. The zero-order valence-corrected chi connectivity index (χ0v) is 22.1. The van der Waals surface area contributed by atoms with Crippen molar-refractivity contribution in [2.24, 2.45) is 12.5 Å². The maximum atomic E-state index is 5.25. The Morgan fingerprint density at radius 3 is 2.94 bits per heavy atom. The van der Waals surface area contributed by atoms with E-state index < -0.39 is 0 Å². The molecule has 0 aromatic carbocycles. The van der Waals surface area contributed by atoms with Crippen LogP contribution in [0.2, 0.25) is 0 Å². The van der Waals surface area contributed by atoms with Crippen LogP contribution >= 0.6 is 0 Å². The minimum Gasteiger partial charge on any atom is -0.383 e. The van der Waals surface area contributed by atoms with Crippen LogP contribution in [0.5, 0.6) is 0 Å². The smallest absolute Gasteiger partial charge is 0.159 e. The molecule has 190 valence electrons. The summed E-state index contributed by atoms with van der Waals surface area (Å²) in [7, 11) is 3.74. The molecule has 2 atom stereocenters. The summed E-state index contributed by atoms with van der Waals surface area (Å²) < 4.78 is 9.50. The number of methoxy groups -OCH3 is 1. The Bertz CT molecular complexity index is 1180. The molecule has 8 heteroatoms. The van der Waals surface area contributed by atoms with Gasteiger partial charge in [0.1, 0.15) is 0 Å². The lowest BCUT2D eigenvalue weighted by Gasteiger charge is -2.33. The molecule has 2 unspecified atom stereocenters. The summed E-state index contributed by atoms with van der Waals surface area (Å²) >= 11 is 0. The maximum Gasteiger partial charge on any atom is 0.159 e. The zero-order chi connectivity index (χ0) is 24.6. The largest absolute Gasteiger partial charge is 0.383 e. The van der Waals surface area contributed by atoms with Gasteiger partial charge in [0.05, 0.1) is 29.6 Å². The van der Waals surface area contributed by atoms with Gasteiger partial charge in [-0.1, -0.05) is 13.3 Å². The predicted octanol–water partition coefficient (Wildman–Crippen LogP) is 3.92. The SMILES string of the molecule is CCCC1(Cn2nc(C)c3c2CCN(c2cc(C)nc4c2cnn4C)C3)CCC(NCCOC)C1. The number of aryl methyl sites for hydroxylation is 3. The number of rotatable bonds is 9. The van der Waals surface area contributed by atoms with Gasteiger partial charge in [-0.15, -0.1) is 0 Å². The molecule has 0 radical (unpaired) electrons. The number of hydrogen-bond acceptors (Lipinski definition) is 6. The Hall–Kier alpha value is -2.45. The highest BCUT2D eigenvalue weighted by atomic mass is 16.5. The van der Waals surface area contributed by atoms with Gasteiger partial charge in [-0.05, 0) is 51.0 Å². The summed E-state index contributed by atoms with van der Waals surface area (Å²) in [6.07, 6.45) is 9.24. The van der Waals surface area contributed by atoms with E-state index in [9.17, 15) is 0 Å². The molecule has 8 nitrogen and oxygen atoms in total. The molecule has 0 amide bonds. The lowest BCUT2D eigenvalue weighted by molar-refractivity contribution is 0.187. The van der Waals surface area contributed by atoms with Crippen LogP contribution in [0.25, 0.3) is 11.0 Å². The Labute approximate surface area is 209 Å². The molecule has 3 aromatic heterocycles. The van der Waals surface area contributed by atoms with Gasteiger partial charge in [0.15, 0.2) is 5.65 Å². The van der Waals surface area contributed by atoms with Gasteiger partial charge >= 0.3 is 0 Å². The first kappa shape index (κ1) is 24.3. The molecule has 5 rings (SSSR count). The number of nitrogens with one attached hydrogen (secondary N) is 1. The van der Waals surface area contributed by atoms with E-state index in [0.717, 1.165) is 55.9 Å². The Morgan fingerprint density at radius 1 is 1.29 bits per heavy atom. The topological polar surface area (TPSA) is 73.0 Å². The van der Waals surface area contributed by atoms with Crippen LogP contribution in [0.3, 0.4) is 0 Å². The van der Waals surface area contributed by atoms with Gasteiger partial charge in [-0.3, -0.25) is 9.36 Å². The van der Waals surface area contributed by atoms with Crippen molar-refractivity contribution in [3.05, 3.63) is 34.9 Å². The molecule has 1 N–H and O–H groups in total. The van der Waals surface area contributed by atoms with Crippen molar-refractivity contribution in [2.75, 3.05) is 31.7 Å². The summed E-state index contributed by atoms with van der Waals surface area (Å²) in [5.74, 6) is 0. The number of aromatic nitrogens is 5. The van der Waals surface area contributed by atoms with Gasteiger partial charge in [-0.25, -0.2) is 4.98 Å². The van der Waals surface area contributed by atoms with Crippen LogP contribution in [0, 0.1) is 19.3 Å². The number of anilines is 1. The van der Waals surface area contributed by atoms with E-state index in [1.165, 1.54) is 54.7 Å². The third-order valence-electron chi connectivity index (χ3n) is 8.19. The second-order valence-electron chi connectivity index (χ2n) is 10.8. The molecular formula is C27H41N7O. The Balaban J connectivity index is 1.37. The summed E-state index contributed by atoms with van der Waals surface area (Å²) in [4.78, 5) is 7.21. The molecule has 1 fully saturated rings. The standard InChI is InChI=1S/C27H41N7O/c1-6-9-27(10-7-21(15-27)28-11-13-35-5)18-34-24-8-12-33(17-23(24)20(3)31-34)25-14-19(2)30-26-22(25)16-29-32(26)4/h14,16,21,28H,6-13,15,17-18H2,1-5H3. The second-order valence-corrected chi connectivity index (χ2v) is 10.8. The predicted molar refractivity (Wildman–Crippen MR) is 140 cm³/mol.